The van der Waals surface area contributed by atoms with Gasteiger partial charge in [-0.2, -0.15) is 0 Å². The third-order valence-corrected chi connectivity index (χ3v) is 8.23. The van der Waals surface area contributed by atoms with E-state index in [1.54, 1.807) is 16.2 Å². The summed E-state index contributed by atoms with van der Waals surface area (Å²) in [6.45, 7) is 14.2. The number of ketones is 1. The number of amides is 1. The molecular weight excluding hydrogens is 498 g/mol. The average molecular weight is 538 g/mol. The first-order valence-electron chi connectivity index (χ1n) is 13.2. The zero-order chi connectivity index (χ0) is 27.8. The highest BCUT2D eigenvalue weighted by Crippen LogP contribution is 2.40. The van der Waals surface area contributed by atoms with Gasteiger partial charge in [0.25, 0.3) is 0 Å². The van der Waals surface area contributed by atoms with Crippen molar-refractivity contribution in [2.75, 3.05) is 6.54 Å². The molecule has 8 heteroatoms. The number of benzene rings is 1. The minimum absolute atomic E-state index is 0.0297. The summed E-state index contributed by atoms with van der Waals surface area (Å²) in [6.07, 6.45) is 0.413. The van der Waals surface area contributed by atoms with Gasteiger partial charge >= 0.3 is 0 Å². The number of carbonyl (C=O) groups is 2. The number of β-amino-alcohol motifs (C(OH)–C–C–N with tert-alkyl or cyclic N) is 1. The normalized spacial score (nSPS) is 19.1. The monoisotopic (exact) mass is 537 g/mol. The van der Waals surface area contributed by atoms with Crippen LogP contribution in [-0.2, 0) is 21.4 Å². The second kappa shape index (κ2) is 10.7. The van der Waals surface area contributed by atoms with Gasteiger partial charge in [0.15, 0.2) is 5.78 Å². The summed E-state index contributed by atoms with van der Waals surface area (Å²) in [7, 11) is 0. The van der Waals surface area contributed by atoms with Gasteiger partial charge in [0.05, 0.1) is 33.9 Å². The van der Waals surface area contributed by atoms with Gasteiger partial charge in [0, 0.05) is 30.9 Å². The van der Waals surface area contributed by atoms with Crippen molar-refractivity contribution in [3.05, 3.63) is 58.6 Å². The van der Waals surface area contributed by atoms with Crippen LogP contribution in [0.15, 0.2) is 40.4 Å². The Morgan fingerprint density at radius 1 is 1.16 bits per heavy atom. The van der Waals surface area contributed by atoms with Crippen LogP contribution in [0.1, 0.15) is 83.0 Å². The molecule has 2 aromatic heterocycles. The topological polar surface area (TPSA) is 96.5 Å². The second-order valence-corrected chi connectivity index (χ2v) is 13.3. The number of thiazole rings is 1. The van der Waals surface area contributed by atoms with Crippen molar-refractivity contribution in [1.82, 2.24) is 15.0 Å². The minimum atomic E-state index is -0.727. The van der Waals surface area contributed by atoms with Crippen molar-refractivity contribution in [2.45, 2.75) is 91.2 Å². The first-order valence-corrected chi connectivity index (χ1v) is 14.1. The van der Waals surface area contributed by atoms with Crippen molar-refractivity contribution in [1.29, 1.82) is 0 Å². The Morgan fingerprint density at radius 2 is 1.84 bits per heavy atom. The standard InChI is InChI=1S/C30H39N3O4S/c1-18-27(38-17-31-18)20-11-8-19(9-12-20)10-13-23(35)22-14-21(34)16-33(22)28(36)26(30(5,6)7)24-15-25(32-37-24)29(2,3)4/h8-9,11-12,15,17,21-22,26,34H,10,13-14,16H2,1-7H3. The van der Waals surface area contributed by atoms with Crippen LogP contribution >= 0.6 is 11.3 Å². The number of aryl methyl sites for hydroxylation is 2. The lowest BCUT2D eigenvalue weighted by molar-refractivity contribution is -0.141. The number of likely N-dealkylation sites (tertiary alicyclic amines) is 1. The van der Waals surface area contributed by atoms with Crippen molar-refractivity contribution < 1.29 is 19.2 Å². The Kier molecular flexibility index (Phi) is 7.96. The molecule has 1 fully saturated rings. The van der Waals surface area contributed by atoms with Gasteiger partial charge in [0.2, 0.25) is 5.91 Å². The summed E-state index contributed by atoms with van der Waals surface area (Å²) in [4.78, 5) is 34.3. The number of aliphatic hydroxyl groups excluding tert-OH is 1. The Balaban J connectivity index is 1.48. The van der Waals surface area contributed by atoms with E-state index in [4.69, 9.17) is 4.52 Å². The predicted molar refractivity (Wildman–Crippen MR) is 149 cm³/mol. The molecule has 3 unspecified atom stereocenters. The fourth-order valence-electron chi connectivity index (χ4n) is 5.06. The Morgan fingerprint density at radius 3 is 2.39 bits per heavy atom. The second-order valence-electron chi connectivity index (χ2n) is 12.5. The number of Topliss-reactive ketones (excluding diaryl/α,β-unsaturated/α-hetero) is 1. The van der Waals surface area contributed by atoms with Crippen molar-refractivity contribution in [3.8, 4) is 10.4 Å². The number of hydrogen-bond acceptors (Lipinski definition) is 7. The van der Waals surface area contributed by atoms with Crippen LogP contribution in [0.2, 0.25) is 0 Å². The van der Waals surface area contributed by atoms with E-state index in [2.05, 4.69) is 22.3 Å². The molecule has 3 heterocycles. The van der Waals surface area contributed by atoms with Crippen LogP contribution in [0.4, 0.5) is 0 Å². The quantitative estimate of drug-likeness (QED) is 0.415. The fraction of sp³-hybridized carbons (Fsp3) is 0.533. The highest BCUT2D eigenvalue weighted by atomic mass is 32.1. The van der Waals surface area contributed by atoms with Crippen molar-refractivity contribution in [2.24, 2.45) is 5.41 Å². The van der Waals surface area contributed by atoms with Gasteiger partial charge in [0.1, 0.15) is 11.7 Å². The van der Waals surface area contributed by atoms with Crippen molar-refractivity contribution >= 4 is 23.0 Å². The summed E-state index contributed by atoms with van der Waals surface area (Å²) < 4.78 is 5.68. The Hall–Kier alpha value is -2.84. The van der Waals surface area contributed by atoms with E-state index in [0.29, 0.717) is 18.6 Å². The molecule has 0 aliphatic carbocycles. The van der Waals surface area contributed by atoms with E-state index < -0.39 is 23.5 Å². The third-order valence-electron chi connectivity index (χ3n) is 7.25. The molecule has 204 valence electrons. The molecule has 38 heavy (non-hydrogen) atoms. The first-order chi connectivity index (χ1) is 17.8. The lowest BCUT2D eigenvalue weighted by Gasteiger charge is -2.33. The molecule has 1 amide bonds. The number of aromatic nitrogens is 2. The van der Waals surface area contributed by atoms with E-state index in [0.717, 1.165) is 27.4 Å². The van der Waals surface area contributed by atoms with Crippen LogP contribution in [-0.4, -0.2) is 50.5 Å². The van der Waals surface area contributed by atoms with Crippen LogP contribution in [0.3, 0.4) is 0 Å². The van der Waals surface area contributed by atoms with Gasteiger partial charge in [-0.3, -0.25) is 9.59 Å². The van der Waals surface area contributed by atoms with Gasteiger partial charge in [-0.25, -0.2) is 4.98 Å². The highest BCUT2D eigenvalue weighted by Gasteiger charge is 2.45. The third kappa shape index (κ3) is 6.07. The van der Waals surface area contributed by atoms with Gasteiger partial charge in [-0.05, 0) is 29.9 Å². The molecule has 0 radical (unpaired) electrons. The van der Waals surface area contributed by atoms with Gasteiger partial charge in [-0.1, -0.05) is 71.0 Å². The van der Waals surface area contributed by atoms with E-state index in [1.165, 1.54) is 0 Å². The largest absolute Gasteiger partial charge is 0.391 e. The molecule has 4 rings (SSSR count). The molecule has 0 spiro atoms. The molecule has 3 aromatic rings. The first kappa shape index (κ1) is 28.2. The average Bonchev–Trinajstić information content (AvgIpc) is 3.57. The molecule has 1 aliphatic rings. The summed E-state index contributed by atoms with van der Waals surface area (Å²) in [5, 5.41) is 14.7. The maximum Gasteiger partial charge on any atom is 0.234 e. The Labute approximate surface area is 229 Å². The number of rotatable bonds is 7. The SMILES string of the molecule is Cc1ncsc1-c1ccc(CCC(=O)C2CC(O)CN2C(=O)C(c2cc(C(C)(C)C)no2)C(C)(C)C)cc1. The molecule has 0 saturated carbocycles. The molecular formula is C30H39N3O4S. The van der Waals surface area contributed by atoms with Crippen LogP contribution in [0.5, 0.6) is 0 Å². The van der Waals surface area contributed by atoms with E-state index in [1.807, 2.05) is 72.2 Å². The lowest BCUT2D eigenvalue weighted by Crippen LogP contribution is -2.45. The van der Waals surface area contributed by atoms with Crippen molar-refractivity contribution in [3.63, 3.8) is 0 Å². The molecule has 0 bridgehead atoms. The number of carbonyl (C=O) groups excluding carboxylic acids is 2. The highest BCUT2D eigenvalue weighted by molar-refractivity contribution is 7.13. The number of aliphatic hydroxyl groups is 1. The molecule has 1 saturated heterocycles. The van der Waals surface area contributed by atoms with Crippen LogP contribution < -0.4 is 0 Å². The number of nitrogens with zero attached hydrogens (tertiary/aromatic N) is 3. The summed E-state index contributed by atoms with van der Waals surface area (Å²) in [5.74, 6) is -0.350. The maximum absolute atomic E-state index is 13.9. The predicted octanol–water partition coefficient (Wildman–Crippen LogP) is 5.70. The van der Waals surface area contributed by atoms with E-state index in [9.17, 15) is 14.7 Å². The minimum Gasteiger partial charge on any atom is -0.391 e. The number of hydrogen-bond donors (Lipinski definition) is 1. The Bertz CT molecular complexity index is 1280. The summed E-state index contributed by atoms with van der Waals surface area (Å²) in [6, 6.07) is 9.42. The zero-order valence-corrected chi connectivity index (χ0v) is 24.3. The molecule has 3 atom stereocenters. The lowest BCUT2D eigenvalue weighted by atomic mass is 9.77. The summed E-state index contributed by atoms with van der Waals surface area (Å²) >= 11 is 1.61. The molecule has 1 N–H and O–H groups in total. The summed E-state index contributed by atoms with van der Waals surface area (Å²) in [5.41, 5.74) is 5.13. The van der Waals surface area contributed by atoms with Gasteiger partial charge in [-0.15, -0.1) is 11.3 Å². The zero-order valence-electron chi connectivity index (χ0n) is 23.4. The van der Waals surface area contributed by atoms with E-state index >= 15 is 0 Å². The molecule has 7 nitrogen and oxygen atoms in total. The molecule has 1 aromatic carbocycles. The maximum atomic E-state index is 13.9. The smallest absolute Gasteiger partial charge is 0.234 e. The van der Waals surface area contributed by atoms with Crippen LogP contribution in [0, 0.1) is 12.3 Å². The van der Waals surface area contributed by atoms with E-state index in [-0.39, 0.29) is 30.1 Å². The van der Waals surface area contributed by atoms with Crippen LogP contribution in [0.25, 0.3) is 10.4 Å². The van der Waals surface area contributed by atoms with Gasteiger partial charge < -0.3 is 14.5 Å². The fourth-order valence-corrected chi connectivity index (χ4v) is 5.87. The molecule has 1 aliphatic heterocycles.